The van der Waals surface area contributed by atoms with Crippen molar-refractivity contribution in [2.75, 3.05) is 7.11 Å². The first-order valence-electron chi connectivity index (χ1n) is 10.9. The van der Waals surface area contributed by atoms with Gasteiger partial charge in [-0.3, -0.25) is 4.79 Å². The molecule has 1 amide bonds. The summed E-state index contributed by atoms with van der Waals surface area (Å²) in [4.78, 5) is 20.1. The lowest BCUT2D eigenvalue weighted by molar-refractivity contribution is 0.0585. The Morgan fingerprint density at radius 1 is 1.10 bits per heavy atom. The highest BCUT2D eigenvalue weighted by molar-refractivity contribution is 5.95. The molecule has 0 spiro atoms. The van der Waals surface area contributed by atoms with Crippen molar-refractivity contribution in [2.45, 2.75) is 58.5 Å². The number of benzene rings is 2. The van der Waals surface area contributed by atoms with Gasteiger partial charge >= 0.3 is 0 Å². The Hall–Kier alpha value is -3.15. The van der Waals surface area contributed by atoms with E-state index in [9.17, 15) is 4.79 Å². The van der Waals surface area contributed by atoms with E-state index in [1.165, 1.54) is 6.42 Å². The molecular formula is C25H29N3O3. The van der Waals surface area contributed by atoms with Crippen molar-refractivity contribution in [2.24, 2.45) is 0 Å². The Bertz CT molecular complexity index is 1040. The molecule has 0 unspecified atom stereocenters. The minimum Gasteiger partial charge on any atom is -0.497 e. The van der Waals surface area contributed by atoms with E-state index in [1.54, 1.807) is 7.11 Å². The maximum absolute atomic E-state index is 13.6. The molecule has 1 aliphatic rings. The summed E-state index contributed by atoms with van der Waals surface area (Å²) in [5, 5.41) is 4.14. The Balaban J connectivity index is 1.59. The molecule has 162 valence electrons. The van der Waals surface area contributed by atoms with E-state index in [4.69, 9.17) is 9.26 Å². The van der Waals surface area contributed by atoms with Gasteiger partial charge in [-0.1, -0.05) is 42.1 Å². The smallest absolute Gasteiger partial charge is 0.254 e. The van der Waals surface area contributed by atoms with Crippen LogP contribution in [-0.4, -0.2) is 34.1 Å². The van der Waals surface area contributed by atoms with Gasteiger partial charge in [-0.05, 0) is 62.6 Å². The zero-order valence-electron chi connectivity index (χ0n) is 18.4. The van der Waals surface area contributed by atoms with Gasteiger partial charge in [0, 0.05) is 17.2 Å². The van der Waals surface area contributed by atoms with Crippen molar-refractivity contribution in [3.8, 4) is 17.1 Å². The molecule has 1 aliphatic carbocycles. The van der Waals surface area contributed by atoms with Crippen LogP contribution >= 0.6 is 0 Å². The van der Waals surface area contributed by atoms with Crippen molar-refractivity contribution in [1.82, 2.24) is 15.0 Å². The zero-order valence-corrected chi connectivity index (χ0v) is 18.4. The standard InChI is InChI=1S/C25H29N3O3/c1-17-9-14-22(18(2)15-17)25(29)28(20-7-5-4-6-8-20)16-23-26-24(27-31-23)19-10-12-21(30-3)13-11-19/h9-15,20H,4-8,16H2,1-3H3. The summed E-state index contributed by atoms with van der Waals surface area (Å²) in [7, 11) is 1.63. The highest BCUT2D eigenvalue weighted by atomic mass is 16.5. The first-order valence-corrected chi connectivity index (χ1v) is 10.9. The van der Waals surface area contributed by atoms with E-state index in [0.717, 1.165) is 53.7 Å². The van der Waals surface area contributed by atoms with Crippen LogP contribution in [0.4, 0.5) is 0 Å². The number of hydrogen-bond acceptors (Lipinski definition) is 5. The number of ether oxygens (including phenoxy) is 1. The van der Waals surface area contributed by atoms with Gasteiger partial charge in [-0.15, -0.1) is 0 Å². The SMILES string of the molecule is COc1ccc(-c2noc(CN(C(=O)c3ccc(C)cc3C)C3CCCCC3)n2)cc1. The topological polar surface area (TPSA) is 68.5 Å². The Morgan fingerprint density at radius 2 is 1.84 bits per heavy atom. The molecule has 0 aliphatic heterocycles. The number of carbonyl (C=O) groups is 1. The minimum atomic E-state index is 0.0357. The first kappa shape index (κ1) is 21.1. The number of aromatic nitrogens is 2. The van der Waals surface area contributed by atoms with E-state index < -0.39 is 0 Å². The molecule has 1 fully saturated rings. The molecule has 6 nitrogen and oxygen atoms in total. The van der Waals surface area contributed by atoms with E-state index >= 15 is 0 Å². The van der Waals surface area contributed by atoms with Crippen LogP contribution in [0.1, 0.15) is 59.5 Å². The molecule has 31 heavy (non-hydrogen) atoms. The number of aryl methyl sites for hydroxylation is 2. The summed E-state index contributed by atoms with van der Waals surface area (Å²) in [6.07, 6.45) is 5.53. The summed E-state index contributed by atoms with van der Waals surface area (Å²) in [6, 6.07) is 13.7. The molecule has 2 aromatic carbocycles. The molecule has 0 saturated heterocycles. The summed E-state index contributed by atoms with van der Waals surface area (Å²) in [5.41, 5.74) is 3.74. The third-order valence-corrected chi connectivity index (χ3v) is 6.01. The lowest BCUT2D eigenvalue weighted by Gasteiger charge is -2.34. The molecule has 0 N–H and O–H groups in total. The lowest BCUT2D eigenvalue weighted by Crippen LogP contribution is -2.41. The lowest BCUT2D eigenvalue weighted by atomic mass is 9.93. The van der Waals surface area contributed by atoms with Crippen molar-refractivity contribution >= 4 is 5.91 Å². The highest BCUT2D eigenvalue weighted by Gasteiger charge is 2.29. The van der Waals surface area contributed by atoms with Crippen LogP contribution in [-0.2, 0) is 6.54 Å². The summed E-state index contributed by atoms with van der Waals surface area (Å²) < 4.78 is 10.8. The summed E-state index contributed by atoms with van der Waals surface area (Å²) in [6.45, 7) is 4.35. The summed E-state index contributed by atoms with van der Waals surface area (Å²) in [5.74, 6) is 1.78. The second-order valence-electron chi connectivity index (χ2n) is 8.28. The van der Waals surface area contributed by atoms with E-state index in [2.05, 4.69) is 16.2 Å². The van der Waals surface area contributed by atoms with Gasteiger partial charge in [0.2, 0.25) is 11.7 Å². The number of hydrogen-bond donors (Lipinski definition) is 0. The molecular weight excluding hydrogens is 390 g/mol. The van der Waals surface area contributed by atoms with Crippen LogP contribution < -0.4 is 4.74 Å². The average Bonchev–Trinajstić information content (AvgIpc) is 3.26. The fourth-order valence-electron chi connectivity index (χ4n) is 4.29. The van der Waals surface area contributed by atoms with Gasteiger partial charge in [-0.25, -0.2) is 0 Å². The third kappa shape index (κ3) is 4.79. The monoisotopic (exact) mass is 419 g/mol. The molecule has 1 aromatic heterocycles. The number of amides is 1. The largest absolute Gasteiger partial charge is 0.497 e. The maximum atomic E-state index is 13.6. The molecule has 0 radical (unpaired) electrons. The molecule has 1 heterocycles. The molecule has 0 atom stereocenters. The van der Waals surface area contributed by atoms with Crippen molar-refractivity contribution < 1.29 is 14.1 Å². The molecule has 0 bridgehead atoms. The highest BCUT2D eigenvalue weighted by Crippen LogP contribution is 2.27. The van der Waals surface area contributed by atoms with Crippen LogP contribution in [0.5, 0.6) is 5.75 Å². The zero-order chi connectivity index (χ0) is 21.8. The minimum absolute atomic E-state index is 0.0357. The predicted octanol–water partition coefficient (Wildman–Crippen LogP) is 5.34. The van der Waals surface area contributed by atoms with Gasteiger partial charge in [0.15, 0.2) is 0 Å². The maximum Gasteiger partial charge on any atom is 0.254 e. The van der Waals surface area contributed by atoms with Crippen molar-refractivity contribution in [3.05, 3.63) is 65.0 Å². The van der Waals surface area contributed by atoms with E-state index in [-0.39, 0.29) is 11.9 Å². The molecule has 4 rings (SSSR count). The van der Waals surface area contributed by atoms with Gasteiger partial charge < -0.3 is 14.2 Å². The van der Waals surface area contributed by atoms with Gasteiger partial charge in [0.1, 0.15) is 12.3 Å². The number of carbonyl (C=O) groups excluding carboxylic acids is 1. The Labute approximate surface area is 183 Å². The van der Waals surface area contributed by atoms with Gasteiger partial charge in [0.25, 0.3) is 5.91 Å². The van der Waals surface area contributed by atoms with Gasteiger partial charge in [0.05, 0.1) is 7.11 Å². The molecule has 6 heteroatoms. The normalized spacial score (nSPS) is 14.4. The molecule has 3 aromatic rings. The second-order valence-corrected chi connectivity index (χ2v) is 8.28. The predicted molar refractivity (Wildman–Crippen MR) is 119 cm³/mol. The van der Waals surface area contributed by atoms with E-state index in [1.807, 2.05) is 55.1 Å². The van der Waals surface area contributed by atoms with Crippen LogP contribution in [0, 0.1) is 13.8 Å². The number of methoxy groups -OCH3 is 1. The fraction of sp³-hybridized carbons (Fsp3) is 0.400. The molecule has 1 saturated carbocycles. The van der Waals surface area contributed by atoms with Crippen molar-refractivity contribution in [3.63, 3.8) is 0 Å². The quantitative estimate of drug-likeness (QED) is 0.540. The van der Waals surface area contributed by atoms with E-state index in [0.29, 0.717) is 18.3 Å². The van der Waals surface area contributed by atoms with Crippen LogP contribution in [0.2, 0.25) is 0 Å². The Kier molecular flexibility index (Phi) is 6.35. The van der Waals surface area contributed by atoms with Crippen LogP contribution in [0.25, 0.3) is 11.4 Å². The fourth-order valence-corrected chi connectivity index (χ4v) is 4.29. The van der Waals surface area contributed by atoms with Crippen molar-refractivity contribution in [1.29, 1.82) is 0 Å². The second kappa shape index (κ2) is 9.33. The van der Waals surface area contributed by atoms with Crippen LogP contribution in [0.3, 0.4) is 0 Å². The van der Waals surface area contributed by atoms with Gasteiger partial charge in [-0.2, -0.15) is 4.98 Å². The van der Waals surface area contributed by atoms with Crippen LogP contribution in [0.15, 0.2) is 47.0 Å². The number of nitrogens with zero attached hydrogens (tertiary/aromatic N) is 3. The average molecular weight is 420 g/mol. The first-order chi connectivity index (χ1) is 15.0. The number of rotatable bonds is 6. The third-order valence-electron chi connectivity index (χ3n) is 6.01. The summed E-state index contributed by atoms with van der Waals surface area (Å²) >= 11 is 0. The Morgan fingerprint density at radius 3 is 2.52 bits per heavy atom.